The molecule has 0 atom stereocenters. The average molecular weight is 305 g/mol. The molecule has 2 heterocycles. The van der Waals surface area contributed by atoms with Gasteiger partial charge in [0.05, 0.1) is 6.54 Å². The van der Waals surface area contributed by atoms with Gasteiger partial charge in [0.15, 0.2) is 0 Å². The molecule has 1 aromatic rings. The Morgan fingerprint density at radius 3 is 2.50 bits per heavy atom. The van der Waals surface area contributed by atoms with E-state index in [1.807, 2.05) is 12.1 Å². The van der Waals surface area contributed by atoms with E-state index in [0.29, 0.717) is 6.54 Å². The van der Waals surface area contributed by atoms with Crippen LogP contribution in [0.3, 0.4) is 0 Å². The summed E-state index contributed by atoms with van der Waals surface area (Å²) in [7, 11) is 1.70. The van der Waals surface area contributed by atoms with Gasteiger partial charge in [-0.25, -0.2) is 4.39 Å². The fourth-order valence-corrected chi connectivity index (χ4v) is 3.89. The van der Waals surface area contributed by atoms with E-state index in [9.17, 15) is 9.18 Å². The zero-order valence-electron chi connectivity index (χ0n) is 13.1. The van der Waals surface area contributed by atoms with Crippen molar-refractivity contribution in [3.05, 3.63) is 30.1 Å². The maximum atomic E-state index is 13.0. The minimum Gasteiger partial charge on any atom is -0.371 e. The van der Waals surface area contributed by atoms with Gasteiger partial charge in [-0.3, -0.25) is 9.69 Å². The minimum atomic E-state index is -0.190. The Balaban J connectivity index is 1.64. The van der Waals surface area contributed by atoms with Gasteiger partial charge in [-0.05, 0) is 56.5 Å². The lowest BCUT2D eigenvalue weighted by Crippen LogP contribution is -2.54. The number of piperidine rings is 1. The van der Waals surface area contributed by atoms with Gasteiger partial charge in [-0.2, -0.15) is 0 Å². The molecule has 0 radical (unpaired) electrons. The molecule has 0 aromatic heterocycles. The van der Waals surface area contributed by atoms with Crippen LogP contribution >= 0.6 is 0 Å². The molecule has 5 heteroatoms. The topological polar surface area (TPSA) is 35.6 Å². The van der Waals surface area contributed by atoms with Crippen LogP contribution < -0.4 is 10.2 Å². The molecule has 0 unspecified atom stereocenters. The lowest BCUT2D eigenvalue weighted by molar-refractivity contribution is -0.123. The van der Waals surface area contributed by atoms with Crippen LogP contribution in [-0.4, -0.2) is 49.6 Å². The molecule has 0 bridgehead atoms. The summed E-state index contributed by atoms with van der Waals surface area (Å²) in [4.78, 5) is 16.4. The number of likely N-dealkylation sites (tertiary alicyclic amines) is 1. The molecule has 1 amide bonds. The summed E-state index contributed by atoms with van der Waals surface area (Å²) < 4.78 is 13.0. The predicted octanol–water partition coefficient (Wildman–Crippen LogP) is 2.01. The van der Waals surface area contributed by atoms with Gasteiger partial charge in [0, 0.05) is 31.4 Å². The fourth-order valence-electron chi connectivity index (χ4n) is 3.89. The first-order valence-corrected chi connectivity index (χ1v) is 8.09. The van der Waals surface area contributed by atoms with E-state index in [1.54, 1.807) is 7.05 Å². The molecule has 2 aliphatic heterocycles. The number of benzene rings is 1. The Bertz CT molecular complexity index is 523. The van der Waals surface area contributed by atoms with Crippen LogP contribution in [0, 0.1) is 5.82 Å². The van der Waals surface area contributed by atoms with Crippen LogP contribution in [0.1, 0.15) is 25.7 Å². The molecular formula is C17H24FN3O. The molecule has 4 nitrogen and oxygen atoms in total. The maximum absolute atomic E-state index is 13.0. The molecular weight excluding hydrogens is 281 g/mol. The monoisotopic (exact) mass is 305 g/mol. The number of rotatable bonds is 3. The first kappa shape index (κ1) is 15.3. The van der Waals surface area contributed by atoms with E-state index in [0.717, 1.165) is 38.2 Å². The summed E-state index contributed by atoms with van der Waals surface area (Å²) in [6, 6.07) is 6.74. The van der Waals surface area contributed by atoms with Crippen LogP contribution in [-0.2, 0) is 4.79 Å². The van der Waals surface area contributed by atoms with E-state index >= 15 is 0 Å². The fraction of sp³-hybridized carbons (Fsp3) is 0.588. The second-order valence-corrected chi connectivity index (χ2v) is 6.39. The number of anilines is 1. The van der Waals surface area contributed by atoms with Crippen molar-refractivity contribution in [2.45, 2.75) is 31.2 Å². The lowest BCUT2D eigenvalue weighted by Gasteiger charge is -2.45. The highest BCUT2D eigenvalue weighted by Crippen LogP contribution is 2.39. The maximum Gasteiger partial charge on any atom is 0.233 e. The van der Waals surface area contributed by atoms with Crippen LogP contribution in [0.4, 0.5) is 10.1 Å². The van der Waals surface area contributed by atoms with Gasteiger partial charge in [0.2, 0.25) is 5.91 Å². The minimum absolute atomic E-state index is 0.0993. The Morgan fingerprint density at radius 1 is 1.18 bits per heavy atom. The third kappa shape index (κ3) is 2.95. The summed E-state index contributed by atoms with van der Waals surface area (Å²) in [5.74, 6) is -0.0907. The summed E-state index contributed by atoms with van der Waals surface area (Å²) >= 11 is 0. The van der Waals surface area contributed by atoms with Crippen molar-refractivity contribution in [3.63, 3.8) is 0 Å². The van der Waals surface area contributed by atoms with Crippen LogP contribution in [0.2, 0.25) is 0 Å². The second-order valence-electron chi connectivity index (χ2n) is 6.39. The third-order valence-electron chi connectivity index (χ3n) is 5.24. The summed E-state index contributed by atoms with van der Waals surface area (Å²) in [5, 5.41) is 2.73. The molecule has 120 valence electrons. The molecule has 2 saturated heterocycles. The normalized spacial score (nSPS) is 21.3. The second kappa shape index (κ2) is 6.24. The van der Waals surface area contributed by atoms with Crippen LogP contribution in [0.15, 0.2) is 24.3 Å². The number of amides is 1. The molecule has 0 saturated carbocycles. The zero-order chi connectivity index (χ0) is 15.6. The van der Waals surface area contributed by atoms with Crippen molar-refractivity contribution in [1.29, 1.82) is 0 Å². The van der Waals surface area contributed by atoms with Crippen molar-refractivity contribution >= 4 is 11.6 Å². The van der Waals surface area contributed by atoms with Gasteiger partial charge in [-0.1, -0.05) is 0 Å². The van der Waals surface area contributed by atoms with Gasteiger partial charge in [0.25, 0.3) is 0 Å². The van der Waals surface area contributed by atoms with Crippen molar-refractivity contribution in [3.8, 4) is 0 Å². The first-order chi connectivity index (χ1) is 10.6. The van der Waals surface area contributed by atoms with E-state index in [4.69, 9.17) is 0 Å². The largest absolute Gasteiger partial charge is 0.371 e. The predicted molar refractivity (Wildman–Crippen MR) is 85.5 cm³/mol. The van der Waals surface area contributed by atoms with E-state index in [-0.39, 0.29) is 17.3 Å². The lowest BCUT2D eigenvalue weighted by atomic mass is 9.84. The van der Waals surface area contributed by atoms with Gasteiger partial charge < -0.3 is 10.2 Å². The van der Waals surface area contributed by atoms with Crippen molar-refractivity contribution in [2.75, 3.05) is 38.1 Å². The number of halogens is 1. The summed E-state index contributed by atoms with van der Waals surface area (Å²) in [6.45, 7) is 3.46. The Morgan fingerprint density at radius 2 is 1.86 bits per heavy atom. The zero-order valence-corrected chi connectivity index (χ0v) is 13.1. The summed E-state index contributed by atoms with van der Waals surface area (Å²) in [6.07, 6.45) is 4.50. The Kier molecular flexibility index (Phi) is 4.34. The first-order valence-electron chi connectivity index (χ1n) is 8.09. The number of carbonyl (C=O) groups is 1. The quantitative estimate of drug-likeness (QED) is 0.928. The number of nitrogens with one attached hydrogen (secondary N) is 1. The number of carbonyl (C=O) groups excluding carboxylic acids is 1. The number of likely N-dealkylation sites (N-methyl/N-ethyl adjacent to an activating group) is 1. The Hall–Kier alpha value is -1.62. The number of hydrogen-bond acceptors (Lipinski definition) is 3. The molecule has 2 aliphatic rings. The standard InChI is InChI=1S/C17H24FN3O/c1-19-16(22)13-21-10-2-7-17(21)8-11-20(12-9-17)15-5-3-14(18)4-6-15/h3-6H,2,7-13H2,1H3,(H,19,22). The molecule has 22 heavy (non-hydrogen) atoms. The number of hydrogen-bond donors (Lipinski definition) is 1. The SMILES string of the molecule is CNC(=O)CN1CCCC12CCN(c1ccc(F)cc1)CC2. The molecule has 3 rings (SSSR count). The Labute approximate surface area is 131 Å². The van der Waals surface area contributed by atoms with E-state index < -0.39 is 0 Å². The molecule has 2 fully saturated rings. The van der Waals surface area contributed by atoms with Crippen molar-refractivity contribution in [2.24, 2.45) is 0 Å². The highest BCUT2D eigenvalue weighted by atomic mass is 19.1. The van der Waals surface area contributed by atoms with Crippen LogP contribution in [0.5, 0.6) is 0 Å². The van der Waals surface area contributed by atoms with Crippen molar-refractivity contribution in [1.82, 2.24) is 10.2 Å². The smallest absolute Gasteiger partial charge is 0.233 e. The average Bonchev–Trinajstić information content (AvgIpc) is 2.91. The number of nitrogens with zero attached hydrogens (tertiary/aromatic N) is 2. The third-order valence-corrected chi connectivity index (χ3v) is 5.24. The van der Waals surface area contributed by atoms with Gasteiger partial charge in [0.1, 0.15) is 5.82 Å². The highest BCUT2D eigenvalue weighted by Gasteiger charge is 2.43. The van der Waals surface area contributed by atoms with Gasteiger partial charge in [-0.15, -0.1) is 0 Å². The van der Waals surface area contributed by atoms with Crippen molar-refractivity contribution < 1.29 is 9.18 Å². The highest BCUT2D eigenvalue weighted by molar-refractivity contribution is 5.77. The van der Waals surface area contributed by atoms with E-state index in [1.165, 1.54) is 25.0 Å². The van der Waals surface area contributed by atoms with Crippen LogP contribution in [0.25, 0.3) is 0 Å². The molecule has 0 aliphatic carbocycles. The van der Waals surface area contributed by atoms with E-state index in [2.05, 4.69) is 15.1 Å². The summed E-state index contributed by atoms with van der Waals surface area (Å²) in [5.41, 5.74) is 1.27. The molecule has 1 N–H and O–H groups in total. The van der Waals surface area contributed by atoms with Gasteiger partial charge >= 0.3 is 0 Å². The molecule has 1 spiro atoms. The molecule has 1 aromatic carbocycles.